The minimum atomic E-state index is -0.227. The van der Waals surface area contributed by atoms with Crippen molar-refractivity contribution in [1.82, 2.24) is 0 Å². The van der Waals surface area contributed by atoms with Crippen molar-refractivity contribution < 1.29 is 29.3 Å². The van der Waals surface area contributed by atoms with Crippen LogP contribution in [0.3, 0.4) is 0 Å². The van der Waals surface area contributed by atoms with Crippen molar-refractivity contribution in [2.45, 2.75) is 104 Å². The van der Waals surface area contributed by atoms with Crippen molar-refractivity contribution in [2.24, 2.45) is 5.92 Å². The van der Waals surface area contributed by atoms with Crippen LogP contribution >= 0.6 is 0 Å². The molecule has 6 heteroatoms. The van der Waals surface area contributed by atoms with Crippen molar-refractivity contribution in [1.29, 1.82) is 0 Å². The molecule has 0 aliphatic carbocycles. The summed E-state index contributed by atoms with van der Waals surface area (Å²) >= 11 is 0. The van der Waals surface area contributed by atoms with Crippen molar-refractivity contribution in [3.05, 3.63) is 119 Å². The summed E-state index contributed by atoms with van der Waals surface area (Å²) in [5.74, 6) is 1.01. The first-order valence-corrected chi connectivity index (χ1v) is 19.0. The number of aromatic hydroxyl groups is 2. The highest BCUT2D eigenvalue weighted by atomic mass is 16.5. The van der Waals surface area contributed by atoms with E-state index in [0.717, 1.165) is 63.4 Å². The number of ether oxygens (including phenoxy) is 2. The molecule has 0 heterocycles. The van der Waals surface area contributed by atoms with E-state index in [0.29, 0.717) is 47.3 Å². The van der Waals surface area contributed by atoms with Crippen LogP contribution in [0.2, 0.25) is 0 Å². The molecule has 4 rings (SSSR count). The highest BCUT2D eigenvalue weighted by Gasteiger charge is 2.21. The number of hydrogen-bond donors (Lipinski definition) is 2. The average Bonchev–Trinajstić information content (AvgIpc) is 3.15. The second-order valence-corrected chi connectivity index (χ2v) is 13.6. The molecule has 6 nitrogen and oxygen atoms in total. The molecule has 0 bridgehead atoms. The smallest absolute Gasteiger partial charge is 0.196 e. The highest BCUT2D eigenvalue weighted by molar-refractivity contribution is 6.11. The molecule has 1 unspecified atom stereocenters. The molecule has 0 saturated carbocycles. The molecule has 4 aromatic rings. The Morgan fingerprint density at radius 1 is 0.569 bits per heavy atom. The lowest BCUT2D eigenvalue weighted by Gasteiger charge is -2.20. The molecule has 0 aliphatic rings. The minimum absolute atomic E-state index is 0.0482. The Balaban J connectivity index is 1.37. The number of ketones is 2. The second kappa shape index (κ2) is 21.6. The number of phenols is 2. The van der Waals surface area contributed by atoms with Crippen molar-refractivity contribution in [3.8, 4) is 23.0 Å². The van der Waals surface area contributed by atoms with Gasteiger partial charge in [-0.2, -0.15) is 0 Å². The van der Waals surface area contributed by atoms with Gasteiger partial charge in [-0.05, 0) is 55.4 Å². The zero-order valence-electron chi connectivity index (χ0n) is 30.6. The van der Waals surface area contributed by atoms with E-state index in [-0.39, 0.29) is 28.6 Å². The standard InChI is InChI=1S/C45H56O6/c1-3-5-7-8-9-10-18-29-51-43-33-42(47)40(45(49)36-24-15-12-16-25-36)31-37(43)30-34(20-6-4-2)21-17-19-28-50-38-26-27-39(41(46)32-38)44(48)35-22-13-11-14-23-35/h11-16,22-27,31-34,46-47H,3-10,17-21,28-30H2,1-2H3. The number of carbonyl (C=O) groups excluding carboxylic acids is 2. The first-order chi connectivity index (χ1) is 24.9. The third-order valence-corrected chi connectivity index (χ3v) is 9.46. The Morgan fingerprint density at radius 2 is 1.12 bits per heavy atom. The van der Waals surface area contributed by atoms with Gasteiger partial charge in [-0.3, -0.25) is 9.59 Å². The predicted molar refractivity (Wildman–Crippen MR) is 206 cm³/mol. The molecule has 1 atom stereocenters. The topological polar surface area (TPSA) is 93.1 Å². The molecule has 0 aromatic heterocycles. The van der Waals surface area contributed by atoms with E-state index in [1.807, 2.05) is 30.3 Å². The van der Waals surface area contributed by atoms with Crippen molar-refractivity contribution in [3.63, 3.8) is 0 Å². The maximum atomic E-state index is 13.4. The Hall–Kier alpha value is -4.58. The minimum Gasteiger partial charge on any atom is -0.507 e. The van der Waals surface area contributed by atoms with Gasteiger partial charge in [0.1, 0.15) is 23.0 Å². The number of phenolic OH excluding ortho intramolecular Hbond substituents is 2. The highest BCUT2D eigenvalue weighted by Crippen LogP contribution is 2.34. The predicted octanol–water partition coefficient (Wildman–Crippen LogP) is 11.3. The molecule has 0 aliphatic heterocycles. The molecule has 0 fully saturated rings. The van der Waals surface area contributed by atoms with E-state index in [2.05, 4.69) is 13.8 Å². The molecular formula is C45H56O6. The van der Waals surface area contributed by atoms with Gasteiger partial charge in [-0.15, -0.1) is 0 Å². The summed E-state index contributed by atoms with van der Waals surface area (Å²) in [4.78, 5) is 26.2. The molecule has 0 saturated heterocycles. The lowest BCUT2D eigenvalue weighted by Crippen LogP contribution is -2.11. The molecule has 0 radical (unpaired) electrons. The van der Waals surface area contributed by atoms with E-state index in [4.69, 9.17) is 9.47 Å². The summed E-state index contributed by atoms with van der Waals surface area (Å²) in [7, 11) is 0. The van der Waals surface area contributed by atoms with Gasteiger partial charge < -0.3 is 19.7 Å². The largest absolute Gasteiger partial charge is 0.507 e. The summed E-state index contributed by atoms with van der Waals surface area (Å²) in [5, 5.41) is 21.6. The van der Waals surface area contributed by atoms with Crippen LogP contribution in [0.1, 0.15) is 135 Å². The van der Waals surface area contributed by atoms with Crippen LogP contribution in [0.25, 0.3) is 0 Å². The van der Waals surface area contributed by atoms with Crippen LogP contribution in [0.15, 0.2) is 91.0 Å². The lowest BCUT2D eigenvalue weighted by atomic mass is 9.88. The van der Waals surface area contributed by atoms with Crippen LogP contribution in [-0.2, 0) is 6.42 Å². The van der Waals surface area contributed by atoms with Crippen LogP contribution in [-0.4, -0.2) is 35.0 Å². The number of rotatable bonds is 24. The fourth-order valence-electron chi connectivity index (χ4n) is 6.49. The molecule has 272 valence electrons. The van der Waals surface area contributed by atoms with Crippen LogP contribution in [0.5, 0.6) is 23.0 Å². The van der Waals surface area contributed by atoms with E-state index >= 15 is 0 Å². The molecule has 0 spiro atoms. The SMILES string of the molecule is CCCCCCCCCOc1cc(O)c(C(=O)c2ccccc2)cc1CC(CCCC)CCCCOc1ccc(C(=O)c2ccccc2)c(O)c1. The lowest BCUT2D eigenvalue weighted by molar-refractivity contribution is 0.102. The second-order valence-electron chi connectivity index (χ2n) is 13.6. The number of hydrogen-bond acceptors (Lipinski definition) is 6. The number of carbonyl (C=O) groups is 2. The van der Waals surface area contributed by atoms with Gasteiger partial charge in [-0.25, -0.2) is 0 Å². The first kappa shape index (κ1) is 39.2. The number of unbranched alkanes of at least 4 members (excludes halogenated alkanes) is 8. The monoisotopic (exact) mass is 692 g/mol. The van der Waals surface area contributed by atoms with Crippen molar-refractivity contribution >= 4 is 11.6 Å². The molecule has 51 heavy (non-hydrogen) atoms. The van der Waals surface area contributed by atoms with Gasteiger partial charge in [0.25, 0.3) is 0 Å². The van der Waals surface area contributed by atoms with Gasteiger partial charge in [0.05, 0.1) is 24.3 Å². The molecule has 0 amide bonds. The average molecular weight is 693 g/mol. The van der Waals surface area contributed by atoms with Gasteiger partial charge in [-0.1, -0.05) is 139 Å². The molecule has 2 N–H and O–H groups in total. The Bertz CT molecular complexity index is 1630. The Morgan fingerprint density at radius 3 is 1.76 bits per heavy atom. The van der Waals surface area contributed by atoms with E-state index < -0.39 is 0 Å². The number of benzene rings is 4. The van der Waals surface area contributed by atoms with Gasteiger partial charge in [0, 0.05) is 23.3 Å². The van der Waals surface area contributed by atoms with E-state index in [1.54, 1.807) is 54.6 Å². The zero-order valence-corrected chi connectivity index (χ0v) is 30.6. The summed E-state index contributed by atoms with van der Waals surface area (Å²) < 4.78 is 12.3. The van der Waals surface area contributed by atoms with Crippen molar-refractivity contribution in [2.75, 3.05) is 13.2 Å². The van der Waals surface area contributed by atoms with E-state index in [1.165, 1.54) is 38.2 Å². The normalized spacial score (nSPS) is 11.6. The van der Waals surface area contributed by atoms with Gasteiger partial charge in [0.2, 0.25) is 0 Å². The summed E-state index contributed by atoms with van der Waals surface area (Å²) in [6, 6.07) is 26.4. The van der Waals surface area contributed by atoms with E-state index in [9.17, 15) is 19.8 Å². The first-order valence-electron chi connectivity index (χ1n) is 19.0. The summed E-state index contributed by atoms with van der Waals surface area (Å²) in [5.41, 5.74) is 2.59. The third-order valence-electron chi connectivity index (χ3n) is 9.46. The Labute approximate surface area is 304 Å². The van der Waals surface area contributed by atoms with Gasteiger partial charge >= 0.3 is 0 Å². The fraction of sp³-hybridized carbons (Fsp3) is 0.422. The Kier molecular flexibility index (Phi) is 16.6. The maximum Gasteiger partial charge on any atom is 0.196 e. The van der Waals surface area contributed by atoms with Gasteiger partial charge in [0.15, 0.2) is 11.6 Å². The molecule has 4 aromatic carbocycles. The zero-order chi connectivity index (χ0) is 36.3. The third kappa shape index (κ3) is 12.6. The molecular weight excluding hydrogens is 636 g/mol. The quantitative estimate of drug-likeness (QED) is 0.0561. The maximum absolute atomic E-state index is 13.4. The van der Waals surface area contributed by atoms with Crippen LogP contribution in [0.4, 0.5) is 0 Å². The van der Waals surface area contributed by atoms with Crippen LogP contribution < -0.4 is 9.47 Å². The van der Waals surface area contributed by atoms with Crippen LogP contribution in [0, 0.1) is 5.92 Å². The fourth-order valence-corrected chi connectivity index (χ4v) is 6.49. The summed E-state index contributed by atoms with van der Waals surface area (Å²) in [6.45, 7) is 5.51. The summed E-state index contributed by atoms with van der Waals surface area (Å²) in [6.07, 6.45) is 15.1.